The maximum absolute atomic E-state index is 11.7. The van der Waals surface area contributed by atoms with Crippen molar-refractivity contribution < 1.29 is 14.7 Å². The lowest BCUT2D eigenvalue weighted by Crippen LogP contribution is -2.13. The van der Waals surface area contributed by atoms with E-state index in [-0.39, 0.29) is 16.3 Å². The smallest absolute Gasteiger partial charge is 0.337 e. The summed E-state index contributed by atoms with van der Waals surface area (Å²) in [4.78, 5) is 23.0. The number of nitrogens with one attached hydrogen (secondary N) is 1. The molecular weight excluding hydrogens is 278 g/mol. The number of hydrogen-bond acceptors (Lipinski definition) is 5. The van der Waals surface area contributed by atoms with Gasteiger partial charge in [-0.1, -0.05) is 16.1 Å². The molecule has 2 N–H and O–H groups in total. The molecule has 0 fully saturated rings. The Balaban J connectivity index is 2.29. The van der Waals surface area contributed by atoms with Crippen LogP contribution in [-0.2, 0) is 0 Å². The molecule has 18 heavy (non-hydrogen) atoms. The van der Waals surface area contributed by atoms with Crippen LogP contribution in [0.5, 0.6) is 0 Å². The zero-order valence-electron chi connectivity index (χ0n) is 8.75. The van der Waals surface area contributed by atoms with Crippen LogP contribution in [0.2, 0.25) is 5.02 Å². The van der Waals surface area contributed by atoms with E-state index in [2.05, 4.69) is 14.9 Å². The van der Waals surface area contributed by atoms with Crippen molar-refractivity contribution in [2.45, 2.75) is 0 Å². The number of nitrogens with zero attached hydrogens (tertiary/aromatic N) is 2. The fourth-order valence-electron chi connectivity index (χ4n) is 1.25. The number of carbonyl (C=O) groups excluding carboxylic acids is 1. The van der Waals surface area contributed by atoms with E-state index in [9.17, 15) is 9.59 Å². The van der Waals surface area contributed by atoms with Gasteiger partial charge in [0.05, 0.1) is 17.4 Å². The van der Waals surface area contributed by atoms with Gasteiger partial charge in [-0.15, -0.1) is 5.10 Å². The molecule has 0 spiro atoms. The van der Waals surface area contributed by atoms with Gasteiger partial charge in [-0.2, -0.15) is 0 Å². The van der Waals surface area contributed by atoms with Gasteiger partial charge in [0.2, 0.25) is 0 Å². The summed E-state index contributed by atoms with van der Waals surface area (Å²) in [5.74, 6) is -1.63. The molecule has 2 aromatic rings. The van der Waals surface area contributed by atoms with Gasteiger partial charge < -0.3 is 10.4 Å². The molecule has 1 heterocycles. The monoisotopic (exact) mass is 283 g/mol. The summed E-state index contributed by atoms with van der Waals surface area (Å²) in [5.41, 5.74) is 0.0959. The van der Waals surface area contributed by atoms with Gasteiger partial charge in [0, 0.05) is 5.02 Å². The fourth-order valence-corrected chi connectivity index (χ4v) is 1.84. The minimum absolute atomic E-state index is 0.0756. The average Bonchev–Trinajstić information content (AvgIpc) is 2.84. The molecule has 8 heteroatoms. The van der Waals surface area contributed by atoms with E-state index in [0.717, 1.165) is 11.5 Å². The number of amides is 1. The second kappa shape index (κ2) is 5.11. The predicted octanol–water partition coefficient (Wildman–Crippen LogP) is 2.14. The molecule has 0 unspecified atom stereocenters. The van der Waals surface area contributed by atoms with Crippen molar-refractivity contribution >= 4 is 40.7 Å². The topological polar surface area (TPSA) is 92.2 Å². The molecule has 0 radical (unpaired) electrons. The quantitative estimate of drug-likeness (QED) is 0.900. The fraction of sp³-hybridized carbons (Fsp3) is 0. The Hall–Kier alpha value is -1.99. The second-order valence-electron chi connectivity index (χ2n) is 3.23. The van der Waals surface area contributed by atoms with Crippen LogP contribution in [0.4, 0.5) is 5.69 Å². The van der Waals surface area contributed by atoms with Gasteiger partial charge in [-0.25, -0.2) is 4.79 Å². The largest absolute Gasteiger partial charge is 0.478 e. The normalized spacial score (nSPS) is 10.1. The third-order valence-corrected chi connectivity index (χ3v) is 2.94. The van der Waals surface area contributed by atoms with Crippen LogP contribution in [0.1, 0.15) is 20.0 Å². The van der Waals surface area contributed by atoms with Gasteiger partial charge in [-0.05, 0) is 29.7 Å². The molecule has 0 atom stereocenters. The lowest BCUT2D eigenvalue weighted by Gasteiger charge is -2.07. The molecule has 0 aliphatic carbocycles. The van der Waals surface area contributed by atoms with Crippen LogP contribution in [0.3, 0.4) is 0 Å². The first kappa shape index (κ1) is 12.5. The molecule has 0 bridgehead atoms. The molecule has 2 rings (SSSR count). The van der Waals surface area contributed by atoms with Crippen LogP contribution >= 0.6 is 23.1 Å². The van der Waals surface area contributed by atoms with Crippen molar-refractivity contribution in [3.63, 3.8) is 0 Å². The van der Waals surface area contributed by atoms with E-state index in [4.69, 9.17) is 16.7 Å². The highest BCUT2D eigenvalue weighted by Crippen LogP contribution is 2.21. The van der Waals surface area contributed by atoms with Crippen molar-refractivity contribution in [3.8, 4) is 0 Å². The molecule has 6 nitrogen and oxygen atoms in total. The predicted molar refractivity (Wildman–Crippen MR) is 66.3 cm³/mol. The summed E-state index contributed by atoms with van der Waals surface area (Å²) in [7, 11) is 0. The van der Waals surface area contributed by atoms with Gasteiger partial charge in [0.1, 0.15) is 4.88 Å². The van der Waals surface area contributed by atoms with Gasteiger partial charge in [0.25, 0.3) is 5.91 Å². The van der Waals surface area contributed by atoms with E-state index in [1.807, 2.05) is 0 Å². The zero-order chi connectivity index (χ0) is 13.1. The zero-order valence-corrected chi connectivity index (χ0v) is 10.3. The minimum Gasteiger partial charge on any atom is -0.478 e. The second-order valence-corrected chi connectivity index (χ2v) is 4.45. The third kappa shape index (κ3) is 2.63. The Morgan fingerprint density at radius 3 is 2.78 bits per heavy atom. The molecule has 0 saturated heterocycles. The number of carboxylic acid groups (broad SMARTS) is 1. The van der Waals surface area contributed by atoms with Gasteiger partial charge >= 0.3 is 5.97 Å². The minimum atomic E-state index is -1.17. The first-order valence-electron chi connectivity index (χ1n) is 4.69. The van der Waals surface area contributed by atoms with Crippen LogP contribution in [0.25, 0.3) is 0 Å². The highest BCUT2D eigenvalue weighted by Gasteiger charge is 2.15. The van der Waals surface area contributed by atoms with Gasteiger partial charge in [0.15, 0.2) is 0 Å². The number of anilines is 1. The maximum Gasteiger partial charge on any atom is 0.337 e. The van der Waals surface area contributed by atoms with Crippen molar-refractivity contribution in [2.24, 2.45) is 0 Å². The van der Waals surface area contributed by atoms with Crippen LogP contribution < -0.4 is 5.32 Å². The van der Waals surface area contributed by atoms with Crippen LogP contribution in [0, 0.1) is 0 Å². The number of aromatic nitrogens is 2. The number of carboxylic acids is 1. The van der Waals surface area contributed by atoms with Crippen LogP contribution in [0.15, 0.2) is 24.4 Å². The van der Waals surface area contributed by atoms with E-state index >= 15 is 0 Å². The van der Waals surface area contributed by atoms with Crippen molar-refractivity contribution in [2.75, 3.05) is 5.32 Å². The third-order valence-electron chi connectivity index (χ3n) is 2.05. The average molecular weight is 284 g/mol. The van der Waals surface area contributed by atoms with Gasteiger partial charge in [-0.3, -0.25) is 4.79 Å². The summed E-state index contributed by atoms with van der Waals surface area (Å²) in [6.07, 6.45) is 1.30. The molecule has 92 valence electrons. The lowest BCUT2D eigenvalue weighted by molar-refractivity contribution is 0.0698. The molecule has 1 aromatic heterocycles. The Morgan fingerprint density at radius 2 is 2.17 bits per heavy atom. The van der Waals surface area contributed by atoms with Crippen molar-refractivity contribution in [3.05, 3.63) is 39.9 Å². The Bertz CT molecular complexity index is 600. The SMILES string of the molecule is O=C(Nc1ccc(Cl)cc1C(=O)O)c1cnns1. The standard InChI is InChI=1S/C10H6ClN3O3S/c11-5-1-2-7(6(3-5)10(16)17)13-9(15)8-4-12-14-18-8/h1-4H,(H,13,15)(H,16,17). The number of halogens is 1. The highest BCUT2D eigenvalue weighted by atomic mass is 35.5. The molecular formula is C10H6ClN3O3S. The first-order chi connectivity index (χ1) is 8.58. The Labute approximate surface area is 110 Å². The molecule has 1 aromatic carbocycles. The van der Waals surface area contributed by atoms with E-state index < -0.39 is 11.9 Å². The van der Waals surface area contributed by atoms with Crippen molar-refractivity contribution in [1.82, 2.24) is 9.59 Å². The number of benzene rings is 1. The summed E-state index contributed by atoms with van der Waals surface area (Å²) in [5, 5.41) is 15.3. The summed E-state index contributed by atoms with van der Waals surface area (Å²) in [6.45, 7) is 0. The van der Waals surface area contributed by atoms with Crippen molar-refractivity contribution in [1.29, 1.82) is 0 Å². The first-order valence-corrected chi connectivity index (χ1v) is 5.84. The molecule has 0 aliphatic rings. The van der Waals surface area contributed by atoms with E-state index in [0.29, 0.717) is 4.88 Å². The van der Waals surface area contributed by atoms with E-state index in [1.165, 1.54) is 24.4 Å². The lowest BCUT2D eigenvalue weighted by atomic mass is 10.2. The molecule has 0 aliphatic heterocycles. The molecule has 1 amide bonds. The van der Waals surface area contributed by atoms with Crippen LogP contribution in [-0.4, -0.2) is 26.6 Å². The summed E-state index contributed by atoms with van der Waals surface area (Å²) >= 11 is 6.62. The summed E-state index contributed by atoms with van der Waals surface area (Å²) < 4.78 is 3.55. The van der Waals surface area contributed by atoms with E-state index in [1.54, 1.807) is 0 Å². The Morgan fingerprint density at radius 1 is 1.39 bits per heavy atom. The molecule has 0 saturated carbocycles. The number of aromatic carboxylic acids is 1. The number of carbonyl (C=O) groups is 2. The highest BCUT2D eigenvalue weighted by molar-refractivity contribution is 7.07. The maximum atomic E-state index is 11.7. The Kier molecular flexibility index (Phi) is 3.54. The summed E-state index contributed by atoms with van der Waals surface area (Å²) in [6, 6.07) is 4.19. The number of hydrogen-bond donors (Lipinski definition) is 2. The number of rotatable bonds is 3.